The first-order valence-corrected chi connectivity index (χ1v) is 27.2. The van der Waals surface area contributed by atoms with Crippen molar-refractivity contribution in [3.8, 4) is 0 Å². The number of allylic oxidation sites excluding steroid dienone is 2. The first kappa shape index (κ1) is 58.6. The Morgan fingerprint density at radius 2 is 0.650 bits per heavy atom. The van der Waals surface area contributed by atoms with E-state index in [1.54, 1.807) is 0 Å². The highest BCUT2D eigenvalue weighted by atomic mass is 16.6. The first-order chi connectivity index (χ1) is 29.6. The molecule has 5 nitrogen and oxygen atoms in total. The molecule has 0 bridgehead atoms. The Labute approximate surface area is 375 Å². The van der Waals surface area contributed by atoms with Crippen LogP contribution in [0, 0.1) is 0 Å². The van der Waals surface area contributed by atoms with Crippen molar-refractivity contribution in [3.63, 3.8) is 0 Å². The lowest BCUT2D eigenvalue weighted by Gasteiger charge is -2.18. The van der Waals surface area contributed by atoms with Crippen molar-refractivity contribution >= 4 is 11.9 Å². The molecular weight excluding hydrogens is 741 g/mol. The van der Waals surface area contributed by atoms with E-state index in [-0.39, 0.29) is 18.5 Å². The molecule has 0 N–H and O–H groups in total. The number of carbonyl (C=O) groups is 2. The fourth-order valence-corrected chi connectivity index (χ4v) is 8.21. The number of hydrogen-bond donors (Lipinski definition) is 0. The summed E-state index contributed by atoms with van der Waals surface area (Å²) in [6.45, 7) is 7.88. The van der Waals surface area contributed by atoms with Crippen LogP contribution in [0.5, 0.6) is 0 Å². The molecule has 0 aromatic heterocycles. The van der Waals surface area contributed by atoms with Crippen LogP contribution in [-0.2, 0) is 23.8 Å². The summed E-state index contributed by atoms with van der Waals surface area (Å²) in [6, 6.07) is 0. The van der Waals surface area contributed by atoms with E-state index in [0.29, 0.717) is 26.1 Å². The molecule has 0 saturated carbocycles. The van der Waals surface area contributed by atoms with E-state index in [1.807, 2.05) is 0 Å². The fraction of sp³-hybridized carbons (Fsp3) is 0.927. The molecule has 1 atom stereocenters. The maximum atomic E-state index is 12.8. The van der Waals surface area contributed by atoms with Gasteiger partial charge < -0.3 is 14.2 Å². The maximum absolute atomic E-state index is 12.8. The highest BCUT2D eigenvalue weighted by Crippen LogP contribution is 2.16. The van der Waals surface area contributed by atoms with Gasteiger partial charge in [-0.2, -0.15) is 0 Å². The predicted molar refractivity (Wildman–Crippen MR) is 261 cm³/mol. The highest BCUT2D eigenvalue weighted by molar-refractivity contribution is 5.70. The SMILES string of the molecule is CCCCCC/C=C\CCCCCCCCCC(=O)OC[C@@H](COCCCCCCCCCCCCCCCCCC)OC(=O)CCCCCCCCCCCCCCC. The largest absolute Gasteiger partial charge is 0.462 e. The van der Waals surface area contributed by atoms with Gasteiger partial charge in [-0.1, -0.05) is 258 Å². The minimum atomic E-state index is -0.527. The molecule has 0 amide bonds. The minimum Gasteiger partial charge on any atom is -0.462 e. The van der Waals surface area contributed by atoms with Gasteiger partial charge in [-0.25, -0.2) is 0 Å². The number of esters is 2. The fourth-order valence-electron chi connectivity index (χ4n) is 8.21. The second-order valence-electron chi connectivity index (χ2n) is 18.5. The van der Waals surface area contributed by atoms with Gasteiger partial charge in [0.15, 0.2) is 6.10 Å². The van der Waals surface area contributed by atoms with Gasteiger partial charge in [0.1, 0.15) is 6.61 Å². The Hall–Kier alpha value is -1.36. The van der Waals surface area contributed by atoms with Crippen molar-refractivity contribution < 1.29 is 23.8 Å². The molecule has 0 aliphatic carbocycles. The average molecular weight is 847 g/mol. The van der Waals surface area contributed by atoms with Gasteiger partial charge in [-0.05, 0) is 44.9 Å². The molecule has 0 saturated heterocycles. The Kier molecular flexibility index (Phi) is 50.8. The summed E-state index contributed by atoms with van der Waals surface area (Å²) >= 11 is 0. The summed E-state index contributed by atoms with van der Waals surface area (Å²) in [4.78, 5) is 25.4. The number of carbonyl (C=O) groups excluding carboxylic acids is 2. The topological polar surface area (TPSA) is 61.8 Å². The third-order valence-corrected chi connectivity index (χ3v) is 12.3. The molecule has 5 heteroatoms. The van der Waals surface area contributed by atoms with Crippen molar-refractivity contribution in [1.82, 2.24) is 0 Å². The molecule has 0 aromatic rings. The molecule has 60 heavy (non-hydrogen) atoms. The van der Waals surface area contributed by atoms with Gasteiger partial charge in [-0.15, -0.1) is 0 Å². The van der Waals surface area contributed by atoms with Crippen LogP contribution in [0.15, 0.2) is 12.2 Å². The summed E-state index contributed by atoms with van der Waals surface area (Å²) in [6.07, 6.45) is 59.3. The molecule has 0 heterocycles. The number of rotatable bonds is 51. The molecule has 0 unspecified atom stereocenters. The van der Waals surface area contributed by atoms with Crippen molar-refractivity contribution in [2.45, 2.75) is 309 Å². The third kappa shape index (κ3) is 49.3. The number of ether oxygens (including phenoxy) is 3. The van der Waals surface area contributed by atoms with Crippen LogP contribution in [-0.4, -0.2) is 37.9 Å². The lowest BCUT2D eigenvalue weighted by molar-refractivity contribution is -0.163. The average Bonchev–Trinajstić information content (AvgIpc) is 3.25. The summed E-state index contributed by atoms with van der Waals surface area (Å²) in [7, 11) is 0. The normalized spacial score (nSPS) is 12.1. The first-order valence-electron chi connectivity index (χ1n) is 27.2. The van der Waals surface area contributed by atoms with E-state index >= 15 is 0 Å². The third-order valence-electron chi connectivity index (χ3n) is 12.3. The second-order valence-corrected chi connectivity index (χ2v) is 18.5. The number of unbranched alkanes of at least 4 members (excludes halogenated alkanes) is 38. The quantitative estimate of drug-likeness (QED) is 0.0347. The zero-order valence-electron chi connectivity index (χ0n) is 41.0. The van der Waals surface area contributed by atoms with Gasteiger partial charge in [0.25, 0.3) is 0 Å². The van der Waals surface area contributed by atoms with Crippen LogP contribution in [0.25, 0.3) is 0 Å². The predicted octanol–water partition coefficient (Wildman–Crippen LogP) is 18.2. The smallest absolute Gasteiger partial charge is 0.306 e. The zero-order chi connectivity index (χ0) is 43.5. The van der Waals surface area contributed by atoms with E-state index in [9.17, 15) is 9.59 Å². The summed E-state index contributed by atoms with van der Waals surface area (Å²) in [5.74, 6) is -0.379. The maximum Gasteiger partial charge on any atom is 0.306 e. The van der Waals surface area contributed by atoms with Crippen molar-refractivity contribution in [2.24, 2.45) is 0 Å². The van der Waals surface area contributed by atoms with Crippen LogP contribution in [0.3, 0.4) is 0 Å². The van der Waals surface area contributed by atoms with Crippen molar-refractivity contribution in [2.75, 3.05) is 19.8 Å². The highest BCUT2D eigenvalue weighted by Gasteiger charge is 2.17. The van der Waals surface area contributed by atoms with Crippen LogP contribution in [0.4, 0.5) is 0 Å². The second kappa shape index (κ2) is 52.0. The van der Waals surface area contributed by atoms with Crippen LogP contribution in [0.1, 0.15) is 303 Å². The molecule has 0 aliphatic heterocycles. The van der Waals surface area contributed by atoms with E-state index < -0.39 is 6.10 Å². The van der Waals surface area contributed by atoms with Gasteiger partial charge >= 0.3 is 11.9 Å². The van der Waals surface area contributed by atoms with Gasteiger partial charge in [-0.3, -0.25) is 9.59 Å². The lowest BCUT2D eigenvalue weighted by atomic mass is 10.0. The van der Waals surface area contributed by atoms with Crippen LogP contribution in [0.2, 0.25) is 0 Å². The minimum absolute atomic E-state index is 0.0926. The van der Waals surface area contributed by atoms with Gasteiger partial charge in [0.05, 0.1) is 6.61 Å². The van der Waals surface area contributed by atoms with E-state index in [1.165, 1.54) is 238 Å². The molecule has 0 aliphatic rings. The Morgan fingerprint density at radius 3 is 1.03 bits per heavy atom. The molecule has 0 fully saturated rings. The summed E-state index contributed by atoms with van der Waals surface area (Å²) in [5.41, 5.74) is 0. The lowest BCUT2D eigenvalue weighted by Crippen LogP contribution is -2.30. The van der Waals surface area contributed by atoms with E-state index in [2.05, 4.69) is 32.9 Å². The molecular formula is C55H106O5. The van der Waals surface area contributed by atoms with Gasteiger partial charge in [0.2, 0.25) is 0 Å². The molecule has 0 aromatic carbocycles. The van der Waals surface area contributed by atoms with Gasteiger partial charge in [0, 0.05) is 19.4 Å². The van der Waals surface area contributed by atoms with Crippen LogP contribution >= 0.6 is 0 Å². The molecule has 0 spiro atoms. The number of hydrogen-bond acceptors (Lipinski definition) is 5. The Bertz CT molecular complexity index is 871. The Morgan fingerprint density at radius 1 is 0.350 bits per heavy atom. The monoisotopic (exact) mass is 847 g/mol. The standard InChI is InChI=1S/C55H106O5/c1-4-7-10-13-16-19-22-25-27-29-32-35-38-41-44-47-50-58-51-53(60-55(57)49-46-43-40-37-34-30-24-21-18-15-12-9-6-3)52-59-54(56)48-45-42-39-36-33-31-28-26-23-20-17-14-11-8-5-2/h20,23,53H,4-19,21-22,24-52H2,1-3H3/b23-20-/t53-/m1/s1. The van der Waals surface area contributed by atoms with E-state index in [0.717, 1.165) is 32.1 Å². The zero-order valence-corrected chi connectivity index (χ0v) is 41.0. The Balaban J connectivity index is 4.20. The summed E-state index contributed by atoms with van der Waals surface area (Å²) in [5, 5.41) is 0. The van der Waals surface area contributed by atoms with Crippen molar-refractivity contribution in [1.29, 1.82) is 0 Å². The van der Waals surface area contributed by atoms with Crippen molar-refractivity contribution in [3.05, 3.63) is 12.2 Å². The molecule has 356 valence electrons. The van der Waals surface area contributed by atoms with E-state index in [4.69, 9.17) is 14.2 Å². The summed E-state index contributed by atoms with van der Waals surface area (Å²) < 4.78 is 17.4. The molecule has 0 radical (unpaired) electrons. The van der Waals surface area contributed by atoms with Crippen LogP contribution < -0.4 is 0 Å². The molecule has 0 rings (SSSR count).